The summed E-state index contributed by atoms with van der Waals surface area (Å²) in [7, 11) is 0. The first-order valence-electron chi connectivity index (χ1n) is 12.3. The second-order valence-corrected chi connectivity index (χ2v) is 8.21. The van der Waals surface area contributed by atoms with E-state index in [0.717, 1.165) is 25.7 Å². The average molecular weight is 383 g/mol. The van der Waals surface area contributed by atoms with Crippen LogP contribution in [0.25, 0.3) is 0 Å². The van der Waals surface area contributed by atoms with Crippen LogP contribution in [0.3, 0.4) is 0 Å². The second kappa shape index (κ2) is 25.6. The highest BCUT2D eigenvalue weighted by Gasteiger charge is 1.95. The van der Waals surface area contributed by atoms with Crippen molar-refractivity contribution in [3.05, 3.63) is 0 Å². The predicted molar refractivity (Wildman–Crippen MR) is 120 cm³/mol. The molecule has 3 N–H and O–H groups in total. The van der Waals surface area contributed by atoms with Crippen LogP contribution in [0.4, 0.5) is 0 Å². The smallest absolute Gasteiger partial charge is 0.119 e. The Morgan fingerprint density at radius 3 is 1.19 bits per heavy atom. The maximum atomic E-state index is 10.2. The molecular weight excluding hydrogens is 332 g/mol. The summed E-state index contributed by atoms with van der Waals surface area (Å²) in [4.78, 5) is 10.2. The van der Waals surface area contributed by atoms with Crippen LogP contribution < -0.4 is 11.1 Å². The van der Waals surface area contributed by atoms with E-state index in [0.29, 0.717) is 0 Å². The van der Waals surface area contributed by atoms with Crippen molar-refractivity contribution in [3.8, 4) is 0 Å². The molecule has 0 aliphatic heterocycles. The molecule has 0 unspecified atom stereocenters. The van der Waals surface area contributed by atoms with Gasteiger partial charge in [-0.25, -0.2) is 0 Å². The van der Waals surface area contributed by atoms with Gasteiger partial charge in [-0.2, -0.15) is 0 Å². The first-order chi connectivity index (χ1) is 13.4. The number of hydrogen-bond donors (Lipinski definition) is 2. The van der Waals surface area contributed by atoms with Crippen LogP contribution >= 0.6 is 0 Å². The second-order valence-electron chi connectivity index (χ2n) is 8.21. The van der Waals surface area contributed by atoms with E-state index < -0.39 is 0 Å². The Morgan fingerprint density at radius 2 is 0.815 bits per heavy atom. The number of unbranched alkanes of at least 4 members (excludes halogenated alkanes) is 18. The molecule has 0 rings (SSSR count). The molecule has 27 heavy (non-hydrogen) atoms. The monoisotopic (exact) mass is 382 g/mol. The van der Waals surface area contributed by atoms with Crippen molar-refractivity contribution in [2.45, 2.75) is 128 Å². The Balaban J connectivity index is 2.96. The molecule has 0 aliphatic carbocycles. The van der Waals surface area contributed by atoms with Crippen LogP contribution in [0, 0.1) is 0 Å². The highest BCUT2D eigenvalue weighted by atomic mass is 16.1. The van der Waals surface area contributed by atoms with Crippen LogP contribution in [0.2, 0.25) is 0 Å². The molecule has 0 atom stereocenters. The van der Waals surface area contributed by atoms with Crippen molar-refractivity contribution < 1.29 is 4.79 Å². The number of carbonyl (C=O) groups is 1. The number of hydrogen-bond acceptors (Lipinski definition) is 3. The van der Waals surface area contributed by atoms with Crippen molar-refractivity contribution in [1.82, 2.24) is 5.32 Å². The Morgan fingerprint density at radius 1 is 0.481 bits per heavy atom. The van der Waals surface area contributed by atoms with E-state index in [1.165, 1.54) is 129 Å². The topological polar surface area (TPSA) is 55.1 Å². The van der Waals surface area contributed by atoms with E-state index in [-0.39, 0.29) is 0 Å². The molecule has 0 radical (unpaired) electrons. The Hall–Kier alpha value is -0.410. The van der Waals surface area contributed by atoms with Crippen molar-refractivity contribution in [2.24, 2.45) is 5.73 Å². The fourth-order valence-corrected chi connectivity index (χ4v) is 3.65. The minimum absolute atomic E-state index is 0.753. The zero-order chi connectivity index (χ0) is 19.7. The number of nitrogens with one attached hydrogen (secondary N) is 1. The summed E-state index contributed by atoms with van der Waals surface area (Å²) in [6, 6.07) is 0. The minimum Gasteiger partial charge on any atom is -0.330 e. The van der Waals surface area contributed by atoms with Crippen LogP contribution in [-0.4, -0.2) is 25.9 Å². The first kappa shape index (κ1) is 26.6. The number of rotatable bonds is 24. The summed E-state index contributed by atoms with van der Waals surface area (Å²) in [5.74, 6) is 0. The lowest BCUT2D eigenvalue weighted by atomic mass is 10.1. The molecule has 0 aromatic rings. The molecule has 0 heterocycles. The van der Waals surface area contributed by atoms with Crippen LogP contribution in [0.15, 0.2) is 0 Å². The molecule has 0 aromatic carbocycles. The van der Waals surface area contributed by atoms with E-state index in [1.54, 1.807) is 0 Å². The molecule has 0 amide bonds. The summed E-state index contributed by atoms with van der Waals surface area (Å²) in [6.45, 7) is 3.27. The third-order valence-corrected chi connectivity index (χ3v) is 5.48. The summed E-state index contributed by atoms with van der Waals surface area (Å²) in [6.07, 6.45) is 27.4. The summed E-state index contributed by atoms with van der Waals surface area (Å²) >= 11 is 0. The van der Waals surface area contributed by atoms with Crippen LogP contribution in [0.1, 0.15) is 128 Å². The van der Waals surface area contributed by atoms with E-state index in [9.17, 15) is 4.79 Å². The van der Waals surface area contributed by atoms with E-state index >= 15 is 0 Å². The number of carbonyl (C=O) groups excluding carboxylic acids is 1. The van der Waals surface area contributed by atoms with Gasteiger partial charge in [0.15, 0.2) is 0 Å². The normalized spacial score (nSPS) is 11.1. The Bertz CT molecular complexity index is 271. The van der Waals surface area contributed by atoms with E-state index in [4.69, 9.17) is 5.73 Å². The highest BCUT2D eigenvalue weighted by molar-refractivity contribution is 5.48. The van der Waals surface area contributed by atoms with Crippen molar-refractivity contribution in [1.29, 1.82) is 0 Å². The maximum absolute atomic E-state index is 10.2. The van der Waals surface area contributed by atoms with Crippen molar-refractivity contribution in [2.75, 3.05) is 19.6 Å². The lowest BCUT2D eigenvalue weighted by molar-refractivity contribution is -0.107. The standard InChI is InChI=1S/C24H50N2O/c25-21-17-13-9-5-1-2-6-10-14-18-22-26-23-19-15-11-7-3-4-8-12-16-20-24-27/h24,26H,1-23,25H2. The van der Waals surface area contributed by atoms with Crippen molar-refractivity contribution >= 4 is 6.29 Å². The summed E-state index contributed by atoms with van der Waals surface area (Å²) < 4.78 is 0. The Kier molecular flexibility index (Phi) is 25.2. The highest BCUT2D eigenvalue weighted by Crippen LogP contribution is 2.11. The number of nitrogens with two attached hydrogens (primary N) is 1. The molecule has 162 valence electrons. The maximum Gasteiger partial charge on any atom is 0.119 e. The average Bonchev–Trinajstić information content (AvgIpc) is 2.68. The molecule has 0 saturated carbocycles. The van der Waals surface area contributed by atoms with Gasteiger partial charge in [0, 0.05) is 6.42 Å². The molecule has 0 spiro atoms. The van der Waals surface area contributed by atoms with E-state index in [2.05, 4.69) is 5.32 Å². The lowest BCUT2D eigenvalue weighted by Crippen LogP contribution is -2.16. The predicted octanol–water partition coefficient (Wildman–Crippen LogP) is 6.54. The molecule has 0 aliphatic rings. The molecule has 3 heteroatoms. The third kappa shape index (κ3) is 25.6. The molecule has 0 fully saturated rings. The first-order valence-corrected chi connectivity index (χ1v) is 12.3. The molecule has 0 bridgehead atoms. The largest absolute Gasteiger partial charge is 0.330 e. The van der Waals surface area contributed by atoms with Crippen molar-refractivity contribution in [3.63, 3.8) is 0 Å². The fraction of sp³-hybridized carbons (Fsp3) is 0.958. The van der Waals surface area contributed by atoms with Gasteiger partial charge in [0.2, 0.25) is 0 Å². The molecule has 0 saturated heterocycles. The number of aldehydes is 1. The van der Waals surface area contributed by atoms with Gasteiger partial charge in [0.25, 0.3) is 0 Å². The lowest BCUT2D eigenvalue weighted by Gasteiger charge is -2.05. The molecule has 3 nitrogen and oxygen atoms in total. The molecular formula is C24H50N2O. The van der Waals surface area contributed by atoms with Gasteiger partial charge < -0.3 is 15.8 Å². The van der Waals surface area contributed by atoms with Gasteiger partial charge >= 0.3 is 0 Å². The Labute approximate surface area is 170 Å². The van der Waals surface area contributed by atoms with Gasteiger partial charge in [-0.3, -0.25) is 0 Å². The van der Waals surface area contributed by atoms with Crippen LogP contribution in [0.5, 0.6) is 0 Å². The quantitative estimate of drug-likeness (QED) is 0.147. The minimum atomic E-state index is 0.753. The van der Waals surface area contributed by atoms with E-state index in [1.807, 2.05) is 0 Å². The third-order valence-electron chi connectivity index (χ3n) is 5.48. The van der Waals surface area contributed by atoms with Gasteiger partial charge in [0.1, 0.15) is 6.29 Å². The van der Waals surface area contributed by atoms with Gasteiger partial charge in [-0.15, -0.1) is 0 Å². The van der Waals surface area contributed by atoms with Crippen LogP contribution in [-0.2, 0) is 4.79 Å². The fourth-order valence-electron chi connectivity index (χ4n) is 3.65. The zero-order valence-corrected chi connectivity index (χ0v) is 18.3. The van der Waals surface area contributed by atoms with Gasteiger partial charge in [-0.1, -0.05) is 96.3 Å². The zero-order valence-electron chi connectivity index (χ0n) is 18.3. The summed E-state index contributed by atoms with van der Waals surface area (Å²) in [5, 5.41) is 3.61. The molecule has 0 aromatic heterocycles. The SMILES string of the molecule is NCCCCCCCCCCCCNCCCCCCCCCCCC=O. The van der Waals surface area contributed by atoms with Gasteiger partial charge in [-0.05, 0) is 45.3 Å². The summed E-state index contributed by atoms with van der Waals surface area (Å²) in [5.41, 5.74) is 5.51. The van der Waals surface area contributed by atoms with Gasteiger partial charge in [0.05, 0.1) is 0 Å².